The van der Waals surface area contributed by atoms with E-state index in [0.29, 0.717) is 37.3 Å². The van der Waals surface area contributed by atoms with E-state index in [2.05, 4.69) is 46.0 Å². The second-order valence-electron chi connectivity index (χ2n) is 19.3. The predicted octanol–water partition coefficient (Wildman–Crippen LogP) is 9.95. The largest absolute Gasteiger partial charge is 0.501 e. The quantitative estimate of drug-likeness (QED) is 0.0600. The topological polar surface area (TPSA) is 158 Å². The van der Waals surface area contributed by atoms with Crippen LogP contribution in [0.3, 0.4) is 0 Å². The summed E-state index contributed by atoms with van der Waals surface area (Å²) in [6, 6.07) is 25.4. The zero-order chi connectivity index (χ0) is 52.6. The Bertz CT molecular complexity index is 2820. The summed E-state index contributed by atoms with van der Waals surface area (Å²) in [4.78, 5) is 20.8. The fraction of sp³-hybridized carbons (Fsp3) is 0.471. The van der Waals surface area contributed by atoms with Gasteiger partial charge in [-0.2, -0.15) is 13.2 Å². The molecule has 4 aromatic carbocycles. The maximum Gasteiger partial charge on any atom is 0.501 e. The number of halogens is 4. The third kappa shape index (κ3) is 15.1. The number of alkyl halides is 3. The van der Waals surface area contributed by atoms with E-state index in [-0.39, 0.29) is 42.8 Å². The molecule has 0 bridgehead atoms. The van der Waals surface area contributed by atoms with Crippen molar-refractivity contribution in [3.05, 3.63) is 119 Å². The fourth-order valence-electron chi connectivity index (χ4n) is 9.45. The van der Waals surface area contributed by atoms with Crippen LogP contribution in [0.4, 0.5) is 24.5 Å². The lowest BCUT2D eigenvalue weighted by Crippen LogP contribution is -2.50. The van der Waals surface area contributed by atoms with Crippen LogP contribution in [0.1, 0.15) is 62.9 Å². The number of nitrogens with one attached hydrogen (secondary N) is 2. The summed E-state index contributed by atoms with van der Waals surface area (Å²) in [6.07, 6.45) is 3.22. The molecule has 1 atom stereocenters. The van der Waals surface area contributed by atoms with Crippen molar-refractivity contribution < 1.29 is 48.4 Å². The molecule has 1 unspecified atom stereocenters. The van der Waals surface area contributed by atoms with Crippen LogP contribution in [-0.2, 0) is 33.5 Å². The lowest BCUT2D eigenvalue weighted by molar-refractivity contribution is -0.0436. The number of allylic oxidation sites excluding steroid dienone is 1. The molecule has 0 spiro atoms. The maximum atomic E-state index is 14.4. The van der Waals surface area contributed by atoms with Gasteiger partial charge in [0.2, 0.25) is 0 Å². The number of benzene rings is 4. The van der Waals surface area contributed by atoms with E-state index in [1.165, 1.54) is 40.6 Å². The number of amides is 1. The van der Waals surface area contributed by atoms with Crippen LogP contribution in [0.15, 0.2) is 117 Å². The van der Waals surface area contributed by atoms with Crippen molar-refractivity contribution in [2.24, 2.45) is 5.41 Å². The summed E-state index contributed by atoms with van der Waals surface area (Å²) < 4.78 is 123. The van der Waals surface area contributed by atoms with E-state index in [9.17, 15) is 39.4 Å². The van der Waals surface area contributed by atoms with Gasteiger partial charge in [0, 0.05) is 98.4 Å². The van der Waals surface area contributed by atoms with Crippen LogP contribution in [0.25, 0.3) is 5.57 Å². The molecule has 73 heavy (non-hydrogen) atoms. The van der Waals surface area contributed by atoms with E-state index in [0.717, 1.165) is 74.7 Å². The molecule has 7 rings (SSSR count). The van der Waals surface area contributed by atoms with Gasteiger partial charge < -0.3 is 19.3 Å². The van der Waals surface area contributed by atoms with Gasteiger partial charge in [-0.25, -0.2) is 21.6 Å². The van der Waals surface area contributed by atoms with Gasteiger partial charge in [0.1, 0.15) is 11.2 Å². The summed E-state index contributed by atoms with van der Waals surface area (Å²) in [5.41, 5.74) is -1.19. The third-order valence-electron chi connectivity index (χ3n) is 13.3. The van der Waals surface area contributed by atoms with Gasteiger partial charge in [0.15, 0.2) is 0 Å². The van der Waals surface area contributed by atoms with Gasteiger partial charge >= 0.3 is 13.1 Å². The molecule has 1 amide bonds. The number of sulfone groups is 1. The lowest BCUT2D eigenvalue weighted by atomic mass is 9.73. The number of nitrogens with zero attached hydrogens (tertiary/aromatic N) is 4. The fourth-order valence-corrected chi connectivity index (χ4v) is 14.3. The molecular formula is C51H65ClF3N6O8PS3. The highest BCUT2D eigenvalue weighted by Gasteiger charge is 2.48. The van der Waals surface area contributed by atoms with E-state index in [4.69, 9.17) is 20.6 Å². The minimum atomic E-state index is -6.13. The third-order valence-corrected chi connectivity index (χ3v) is 19.6. The molecule has 1 aliphatic carbocycles. The van der Waals surface area contributed by atoms with E-state index >= 15 is 0 Å². The van der Waals surface area contributed by atoms with Crippen LogP contribution in [0.2, 0.25) is 5.02 Å². The zero-order valence-corrected chi connectivity index (χ0v) is 45.7. The molecule has 0 aromatic heterocycles. The van der Waals surface area contributed by atoms with Gasteiger partial charge in [-0.05, 0) is 116 Å². The number of anilines is 2. The summed E-state index contributed by atoms with van der Waals surface area (Å²) in [7, 11) is -14.4. The normalized spacial score (nSPS) is 18.2. The molecule has 3 aliphatic rings. The molecule has 2 saturated heterocycles. The zero-order valence-electron chi connectivity index (χ0n) is 41.6. The Morgan fingerprint density at radius 2 is 1.44 bits per heavy atom. The first-order valence-corrected chi connectivity index (χ1v) is 30.5. The second-order valence-corrected chi connectivity index (χ2v) is 26.4. The van der Waals surface area contributed by atoms with Gasteiger partial charge in [0.05, 0.1) is 23.8 Å². The summed E-state index contributed by atoms with van der Waals surface area (Å²) >= 11 is 7.61. The van der Waals surface area contributed by atoms with Crippen LogP contribution < -0.4 is 14.9 Å². The molecule has 0 saturated carbocycles. The number of hydrogen-bond acceptors (Lipinski definition) is 14. The number of carbonyl (C=O) groups is 1. The molecule has 14 nitrogen and oxygen atoms in total. The van der Waals surface area contributed by atoms with Gasteiger partial charge in [-0.3, -0.25) is 24.1 Å². The smallest absolute Gasteiger partial charge is 0.379 e. The van der Waals surface area contributed by atoms with Crippen LogP contribution in [0.5, 0.6) is 0 Å². The molecule has 2 heterocycles. The van der Waals surface area contributed by atoms with Crippen LogP contribution in [0, 0.1) is 5.41 Å². The first-order chi connectivity index (χ1) is 34.6. The molecule has 0 radical (unpaired) electrons. The Labute approximate surface area is 437 Å². The average Bonchev–Trinajstić information content (AvgIpc) is 3.34. The molecule has 2 N–H and O–H groups in total. The highest BCUT2D eigenvalue weighted by atomic mass is 35.5. The molecule has 4 aromatic rings. The van der Waals surface area contributed by atoms with Crippen molar-refractivity contribution in [2.45, 2.75) is 73.2 Å². The van der Waals surface area contributed by atoms with Crippen molar-refractivity contribution >= 4 is 73.7 Å². The van der Waals surface area contributed by atoms with Crippen molar-refractivity contribution in [3.63, 3.8) is 0 Å². The van der Waals surface area contributed by atoms with E-state index in [1.807, 2.05) is 52.1 Å². The SMILES string of the molecule is CCOP(=O)(CN1CCN(CC(CSc2ccccc2)Nc2ccc(S(=O)(=O)NC(=O)c3ccc(N4CCN(CC5=C(c6ccc(Cl)cc6)CCC(C)(C)C5)CC4)cc3)cc2S(=O)(=O)C(F)(F)F)CC1)OCC. The number of hydrogen-bond donors (Lipinski definition) is 2. The highest BCUT2D eigenvalue weighted by molar-refractivity contribution is 7.99. The summed E-state index contributed by atoms with van der Waals surface area (Å²) in [5.74, 6) is -0.760. The number of carbonyl (C=O) groups excluding carboxylic acids is 1. The monoisotopic (exact) mass is 1110 g/mol. The molecule has 2 fully saturated rings. The number of piperazine rings is 2. The molecule has 2 aliphatic heterocycles. The first-order valence-electron chi connectivity index (χ1n) is 24.4. The first kappa shape index (κ1) is 56.8. The second kappa shape index (κ2) is 24.4. The minimum Gasteiger partial charge on any atom is -0.379 e. The number of rotatable bonds is 21. The Morgan fingerprint density at radius 3 is 2.05 bits per heavy atom. The maximum absolute atomic E-state index is 14.4. The summed E-state index contributed by atoms with van der Waals surface area (Å²) in [6.45, 7) is 14.7. The van der Waals surface area contributed by atoms with E-state index in [1.54, 1.807) is 26.0 Å². The minimum absolute atomic E-state index is 0.0221. The standard InChI is InChI=1S/C51H65ClF3N6O8PS3/c1-5-68-70(63,69-6-2)37-60-26-24-59(25-27-60)35-42(36-71-44-10-8-7-9-11-44)56-47-21-20-45(32-48(47)72(64,65)51(53,54)55)73(66,67)57-49(62)39-14-18-43(19-15-39)61-30-28-58(29-31-61)34-40-33-50(3,4)23-22-46(40)38-12-16-41(52)17-13-38/h7-21,32,42,56H,5-6,22-31,33-37H2,1-4H3,(H,57,62). The van der Waals surface area contributed by atoms with Crippen molar-refractivity contribution in [1.29, 1.82) is 0 Å². The Kier molecular flexibility index (Phi) is 18.9. The van der Waals surface area contributed by atoms with Crippen LogP contribution >= 0.6 is 31.0 Å². The number of sulfonamides is 1. The van der Waals surface area contributed by atoms with Gasteiger partial charge in [-0.1, -0.05) is 61.4 Å². The lowest BCUT2D eigenvalue weighted by Gasteiger charge is -2.39. The highest BCUT2D eigenvalue weighted by Crippen LogP contribution is 2.49. The molecular weight excluding hydrogens is 1040 g/mol. The molecule has 398 valence electrons. The van der Waals surface area contributed by atoms with Crippen molar-refractivity contribution in [2.75, 3.05) is 101 Å². The van der Waals surface area contributed by atoms with Gasteiger partial charge in [0.25, 0.3) is 25.8 Å². The molecule has 22 heteroatoms. The van der Waals surface area contributed by atoms with Crippen molar-refractivity contribution in [3.8, 4) is 0 Å². The average molecular weight is 1110 g/mol. The van der Waals surface area contributed by atoms with E-state index < -0.39 is 60.4 Å². The van der Waals surface area contributed by atoms with Crippen molar-refractivity contribution in [1.82, 2.24) is 19.4 Å². The Morgan fingerprint density at radius 1 is 0.822 bits per heavy atom. The summed E-state index contributed by atoms with van der Waals surface area (Å²) in [5, 5.41) is 3.71. The van der Waals surface area contributed by atoms with Crippen LogP contribution in [-0.4, -0.2) is 140 Å². The Balaban J connectivity index is 1.02. The Hall–Kier alpha value is -3.95. The number of thioether (sulfide) groups is 1. The predicted molar refractivity (Wildman–Crippen MR) is 284 cm³/mol. The van der Waals surface area contributed by atoms with Gasteiger partial charge in [-0.15, -0.1) is 11.8 Å².